The Morgan fingerprint density at radius 2 is 1.87 bits per heavy atom. The van der Waals surface area contributed by atoms with E-state index in [4.69, 9.17) is 24.1 Å². The van der Waals surface area contributed by atoms with Gasteiger partial charge in [0.15, 0.2) is 17.8 Å². The van der Waals surface area contributed by atoms with E-state index in [9.17, 15) is 9.90 Å². The molecular weight excluding hydrogens is 400 g/mol. The maximum atomic E-state index is 10.7. The second-order valence-corrected chi connectivity index (χ2v) is 7.26. The number of phenols is 1. The molecule has 0 bridgehead atoms. The highest BCUT2D eigenvalue weighted by atomic mass is 16.7. The van der Waals surface area contributed by atoms with E-state index >= 15 is 0 Å². The van der Waals surface area contributed by atoms with Crippen molar-refractivity contribution in [1.82, 2.24) is 0 Å². The van der Waals surface area contributed by atoms with Crippen molar-refractivity contribution in [2.24, 2.45) is 5.92 Å². The number of phenolic OH excluding ortho intramolecular Hbond substituents is 1. The molecule has 3 atom stereocenters. The topological polar surface area (TPSA) is 94.5 Å². The van der Waals surface area contributed by atoms with Crippen LogP contribution in [-0.4, -0.2) is 37.0 Å². The molecule has 1 aliphatic rings. The quantitative estimate of drug-likeness (QED) is 0.563. The molecule has 2 aromatic carbocycles. The molecule has 1 saturated heterocycles. The van der Waals surface area contributed by atoms with E-state index < -0.39 is 18.4 Å². The van der Waals surface area contributed by atoms with E-state index in [1.165, 1.54) is 0 Å². The smallest absolute Gasteiger partial charge is 0.303 e. The zero-order chi connectivity index (χ0) is 22.2. The van der Waals surface area contributed by atoms with Crippen molar-refractivity contribution < 1.29 is 34.0 Å². The lowest BCUT2D eigenvalue weighted by molar-refractivity contribution is -0.244. The normalized spacial score (nSPS) is 21.2. The van der Waals surface area contributed by atoms with Crippen LogP contribution in [0.5, 0.6) is 17.2 Å². The van der Waals surface area contributed by atoms with Crippen LogP contribution in [0.25, 0.3) is 0 Å². The lowest BCUT2D eigenvalue weighted by Gasteiger charge is -2.37. The fourth-order valence-corrected chi connectivity index (χ4v) is 3.69. The molecule has 0 saturated carbocycles. The fraction of sp³-hybridized carbons (Fsp3) is 0.375. The van der Waals surface area contributed by atoms with Gasteiger partial charge in [0.05, 0.1) is 32.5 Å². The van der Waals surface area contributed by atoms with Gasteiger partial charge in [-0.1, -0.05) is 36.4 Å². The summed E-state index contributed by atoms with van der Waals surface area (Å²) in [6.45, 7) is 0.396. The summed E-state index contributed by atoms with van der Waals surface area (Å²) in [5, 5.41) is 19.2. The SMILES string of the molecule is COc1cccc(C2OCC(CC=CCCC(=O)O)C(c3ccccc3O)O2)c1OC. The molecule has 166 valence electrons. The van der Waals surface area contributed by atoms with Gasteiger partial charge in [-0.25, -0.2) is 0 Å². The van der Waals surface area contributed by atoms with Gasteiger partial charge in [-0.05, 0) is 31.0 Å². The summed E-state index contributed by atoms with van der Waals surface area (Å²) in [7, 11) is 3.14. The molecule has 2 aromatic rings. The van der Waals surface area contributed by atoms with E-state index in [1.807, 2.05) is 36.4 Å². The Bertz CT molecular complexity index is 909. The van der Waals surface area contributed by atoms with Gasteiger partial charge < -0.3 is 29.2 Å². The number of methoxy groups -OCH3 is 2. The Morgan fingerprint density at radius 1 is 1.10 bits per heavy atom. The van der Waals surface area contributed by atoms with E-state index in [0.29, 0.717) is 42.1 Å². The fourth-order valence-electron chi connectivity index (χ4n) is 3.69. The average molecular weight is 428 g/mol. The van der Waals surface area contributed by atoms with Crippen LogP contribution >= 0.6 is 0 Å². The molecule has 7 heteroatoms. The Labute approximate surface area is 181 Å². The van der Waals surface area contributed by atoms with Gasteiger partial charge in [-0.15, -0.1) is 0 Å². The molecule has 0 aromatic heterocycles. The number of carbonyl (C=O) groups is 1. The first-order valence-electron chi connectivity index (χ1n) is 10.2. The number of hydrogen-bond donors (Lipinski definition) is 2. The highest BCUT2D eigenvalue weighted by Crippen LogP contribution is 2.45. The second kappa shape index (κ2) is 10.8. The first kappa shape index (κ1) is 22.7. The number of para-hydroxylation sites is 2. The molecule has 0 radical (unpaired) electrons. The summed E-state index contributed by atoms with van der Waals surface area (Å²) in [6, 6.07) is 12.6. The van der Waals surface area contributed by atoms with Gasteiger partial charge in [0.25, 0.3) is 0 Å². The number of rotatable bonds is 9. The Morgan fingerprint density at radius 3 is 2.58 bits per heavy atom. The molecule has 7 nitrogen and oxygen atoms in total. The molecule has 0 spiro atoms. The van der Waals surface area contributed by atoms with Crippen molar-refractivity contribution in [3.05, 3.63) is 65.7 Å². The number of hydrogen-bond acceptors (Lipinski definition) is 6. The minimum atomic E-state index is -0.823. The molecule has 3 rings (SSSR count). The monoisotopic (exact) mass is 428 g/mol. The molecule has 0 aliphatic carbocycles. The summed E-state index contributed by atoms with van der Waals surface area (Å²) in [4.78, 5) is 10.7. The van der Waals surface area contributed by atoms with Gasteiger partial charge >= 0.3 is 5.97 Å². The van der Waals surface area contributed by atoms with E-state index in [1.54, 1.807) is 32.4 Å². The van der Waals surface area contributed by atoms with Crippen LogP contribution in [0.4, 0.5) is 0 Å². The van der Waals surface area contributed by atoms with Crippen molar-refractivity contribution in [2.75, 3.05) is 20.8 Å². The van der Waals surface area contributed by atoms with Gasteiger partial charge in [0.2, 0.25) is 0 Å². The number of aliphatic carboxylic acids is 1. The van der Waals surface area contributed by atoms with Crippen LogP contribution in [0, 0.1) is 5.92 Å². The van der Waals surface area contributed by atoms with Gasteiger partial charge in [-0.3, -0.25) is 4.79 Å². The molecule has 2 N–H and O–H groups in total. The van der Waals surface area contributed by atoms with Crippen LogP contribution < -0.4 is 9.47 Å². The molecular formula is C24H28O7. The van der Waals surface area contributed by atoms with Crippen LogP contribution in [0.15, 0.2) is 54.6 Å². The second-order valence-electron chi connectivity index (χ2n) is 7.26. The van der Waals surface area contributed by atoms with Crippen molar-refractivity contribution in [1.29, 1.82) is 0 Å². The zero-order valence-corrected chi connectivity index (χ0v) is 17.7. The number of allylic oxidation sites excluding steroid dienone is 2. The largest absolute Gasteiger partial charge is 0.508 e. The van der Waals surface area contributed by atoms with Crippen LogP contribution in [-0.2, 0) is 14.3 Å². The molecule has 0 amide bonds. The number of carboxylic acid groups (broad SMARTS) is 1. The summed E-state index contributed by atoms with van der Waals surface area (Å²) in [5.41, 5.74) is 1.39. The Balaban J connectivity index is 1.84. The van der Waals surface area contributed by atoms with Gasteiger partial charge in [-0.2, -0.15) is 0 Å². The molecule has 31 heavy (non-hydrogen) atoms. The molecule has 3 unspecified atom stereocenters. The minimum absolute atomic E-state index is 0.0535. The zero-order valence-electron chi connectivity index (χ0n) is 17.7. The van der Waals surface area contributed by atoms with Crippen LogP contribution in [0.2, 0.25) is 0 Å². The maximum absolute atomic E-state index is 10.7. The maximum Gasteiger partial charge on any atom is 0.303 e. The number of ether oxygens (including phenoxy) is 4. The highest BCUT2D eigenvalue weighted by molar-refractivity contribution is 5.66. The third kappa shape index (κ3) is 5.57. The van der Waals surface area contributed by atoms with E-state index in [0.717, 1.165) is 0 Å². The first-order chi connectivity index (χ1) is 15.0. The third-order valence-electron chi connectivity index (χ3n) is 5.22. The molecule has 1 heterocycles. The predicted molar refractivity (Wildman–Crippen MR) is 114 cm³/mol. The summed E-state index contributed by atoms with van der Waals surface area (Å²) in [5.74, 6) is 0.400. The highest BCUT2D eigenvalue weighted by Gasteiger charge is 2.36. The average Bonchev–Trinajstić information content (AvgIpc) is 2.78. The first-order valence-corrected chi connectivity index (χ1v) is 10.2. The number of benzene rings is 2. The summed E-state index contributed by atoms with van der Waals surface area (Å²) >= 11 is 0. The van der Waals surface area contributed by atoms with Crippen molar-refractivity contribution in [2.45, 2.75) is 31.7 Å². The molecule has 1 fully saturated rings. The number of carboxylic acids is 1. The lowest BCUT2D eigenvalue weighted by atomic mass is 9.91. The van der Waals surface area contributed by atoms with Crippen molar-refractivity contribution >= 4 is 5.97 Å². The third-order valence-corrected chi connectivity index (χ3v) is 5.22. The molecule has 1 aliphatic heterocycles. The van der Waals surface area contributed by atoms with Gasteiger partial charge in [0, 0.05) is 17.9 Å². The van der Waals surface area contributed by atoms with E-state index in [2.05, 4.69) is 0 Å². The van der Waals surface area contributed by atoms with Gasteiger partial charge in [0.1, 0.15) is 5.75 Å². The Hall–Kier alpha value is -3.03. The van der Waals surface area contributed by atoms with Crippen molar-refractivity contribution in [3.8, 4) is 17.2 Å². The summed E-state index contributed by atoms with van der Waals surface area (Å²) in [6.07, 6.45) is 3.87. The predicted octanol–water partition coefficient (Wildman–Crippen LogP) is 4.62. The van der Waals surface area contributed by atoms with E-state index in [-0.39, 0.29) is 18.1 Å². The standard InChI is InChI=1S/C24H28O7/c1-28-20-13-8-11-18(23(20)29-2)24-30-15-16(9-4-3-5-14-21(26)27)22(31-24)17-10-6-7-12-19(17)25/h3-4,6-8,10-13,16,22,24-25H,5,9,14-15H2,1-2H3,(H,26,27). The lowest BCUT2D eigenvalue weighted by Crippen LogP contribution is -2.30. The van der Waals surface area contributed by atoms with Crippen LogP contribution in [0.3, 0.4) is 0 Å². The Kier molecular flexibility index (Phi) is 7.92. The van der Waals surface area contributed by atoms with Crippen molar-refractivity contribution in [3.63, 3.8) is 0 Å². The summed E-state index contributed by atoms with van der Waals surface area (Å²) < 4.78 is 23.3. The minimum Gasteiger partial charge on any atom is -0.508 e. The van der Waals surface area contributed by atoms with Crippen LogP contribution in [0.1, 0.15) is 42.8 Å². The number of aromatic hydroxyl groups is 1.